The lowest BCUT2D eigenvalue weighted by Crippen LogP contribution is -2.20. The summed E-state index contributed by atoms with van der Waals surface area (Å²) < 4.78 is 0. The van der Waals surface area contributed by atoms with Crippen LogP contribution in [0, 0.1) is 0 Å². The van der Waals surface area contributed by atoms with E-state index in [2.05, 4.69) is 10.3 Å². The zero-order valence-electron chi connectivity index (χ0n) is 11.1. The van der Waals surface area contributed by atoms with Crippen LogP contribution in [0.5, 0.6) is 0 Å². The Hall–Kier alpha value is -2.34. The van der Waals surface area contributed by atoms with Crippen LogP contribution in [0.3, 0.4) is 0 Å². The van der Waals surface area contributed by atoms with E-state index in [9.17, 15) is 9.59 Å². The molecule has 0 atom stereocenters. The first-order valence-electron chi connectivity index (χ1n) is 6.08. The molecule has 0 saturated heterocycles. The number of aromatic amines is 1. The van der Waals surface area contributed by atoms with Gasteiger partial charge in [0.25, 0.3) is 11.8 Å². The van der Waals surface area contributed by atoms with Crippen molar-refractivity contribution in [3.8, 4) is 0 Å². The molecule has 2 aromatic rings. The van der Waals surface area contributed by atoms with Crippen LogP contribution in [0.2, 0.25) is 0 Å². The van der Waals surface area contributed by atoms with Gasteiger partial charge in [-0.05, 0) is 24.3 Å². The number of aromatic nitrogens is 1. The molecule has 2 N–H and O–H groups in total. The SMILES string of the molecule is CN(C)C(=O)c1cc2c(s1)NC(=O)/C2=C\c1ccc[nH]1. The summed E-state index contributed by atoms with van der Waals surface area (Å²) in [5, 5.41) is 3.54. The van der Waals surface area contributed by atoms with Gasteiger partial charge in [-0.1, -0.05) is 0 Å². The summed E-state index contributed by atoms with van der Waals surface area (Å²) in [6.45, 7) is 0. The van der Waals surface area contributed by atoms with Gasteiger partial charge in [0.15, 0.2) is 0 Å². The molecule has 2 aromatic heterocycles. The van der Waals surface area contributed by atoms with Crippen molar-refractivity contribution in [3.05, 3.63) is 40.5 Å². The van der Waals surface area contributed by atoms with Crippen molar-refractivity contribution in [3.63, 3.8) is 0 Å². The van der Waals surface area contributed by atoms with E-state index >= 15 is 0 Å². The maximum absolute atomic E-state index is 12.0. The average molecular weight is 287 g/mol. The fourth-order valence-electron chi connectivity index (χ4n) is 2.04. The average Bonchev–Trinajstić information content (AvgIpc) is 3.08. The van der Waals surface area contributed by atoms with Crippen LogP contribution >= 0.6 is 11.3 Å². The van der Waals surface area contributed by atoms with E-state index in [1.54, 1.807) is 32.4 Å². The predicted molar refractivity (Wildman–Crippen MR) is 79.6 cm³/mol. The highest BCUT2D eigenvalue weighted by molar-refractivity contribution is 7.18. The van der Waals surface area contributed by atoms with Gasteiger partial charge in [-0.15, -0.1) is 11.3 Å². The summed E-state index contributed by atoms with van der Waals surface area (Å²) in [4.78, 5) is 29.1. The summed E-state index contributed by atoms with van der Waals surface area (Å²) in [5.74, 6) is -0.192. The van der Waals surface area contributed by atoms with Crippen molar-refractivity contribution < 1.29 is 9.59 Å². The van der Waals surface area contributed by atoms with E-state index in [0.717, 1.165) is 16.3 Å². The third-order valence-electron chi connectivity index (χ3n) is 3.03. The van der Waals surface area contributed by atoms with Crippen LogP contribution < -0.4 is 5.32 Å². The lowest BCUT2D eigenvalue weighted by atomic mass is 10.1. The molecule has 1 aliphatic rings. The summed E-state index contributed by atoms with van der Waals surface area (Å²) >= 11 is 1.30. The molecule has 0 saturated carbocycles. The molecule has 5 nitrogen and oxygen atoms in total. The predicted octanol–water partition coefficient (Wildman–Crippen LogP) is 2.27. The monoisotopic (exact) mass is 287 g/mol. The number of H-pyrrole nitrogens is 1. The number of amides is 2. The minimum absolute atomic E-state index is 0.0575. The van der Waals surface area contributed by atoms with Gasteiger partial charge < -0.3 is 15.2 Å². The molecule has 0 radical (unpaired) electrons. The molecule has 1 aliphatic heterocycles. The number of carbonyl (C=O) groups excluding carboxylic acids is 2. The van der Waals surface area contributed by atoms with Gasteiger partial charge in [0.2, 0.25) is 0 Å². The zero-order valence-corrected chi connectivity index (χ0v) is 11.9. The van der Waals surface area contributed by atoms with Crippen LogP contribution in [0.15, 0.2) is 24.4 Å². The molecule has 0 spiro atoms. The van der Waals surface area contributed by atoms with Crippen molar-refractivity contribution in [2.24, 2.45) is 0 Å². The molecule has 3 heterocycles. The molecule has 3 rings (SSSR count). The lowest BCUT2D eigenvalue weighted by molar-refractivity contribution is -0.110. The quantitative estimate of drug-likeness (QED) is 0.832. The number of thiophene rings is 1. The van der Waals surface area contributed by atoms with Crippen molar-refractivity contribution >= 4 is 39.8 Å². The maximum atomic E-state index is 12.0. The normalized spacial score (nSPS) is 15.3. The highest BCUT2D eigenvalue weighted by Gasteiger charge is 2.28. The van der Waals surface area contributed by atoms with Gasteiger partial charge in [0, 0.05) is 31.5 Å². The molecule has 0 fully saturated rings. The highest BCUT2D eigenvalue weighted by Crippen LogP contribution is 2.40. The first-order valence-corrected chi connectivity index (χ1v) is 6.90. The second-order valence-electron chi connectivity index (χ2n) is 4.69. The van der Waals surface area contributed by atoms with Gasteiger partial charge in [-0.2, -0.15) is 0 Å². The number of hydrogen-bond acceptors (Lipinski definition) is 3. The van der Waals surface area contributed by atoms with Crippen LogP contribution in [0.4, 0.5) is 5.00 Å². The third-order valence-corrected chi connectivity index (χ3v) is 4.07. The minimum atomic E-state index is -0.135. The Labute approximate surface area is 119 Å². The van der Waals surface area contributed by atoms with Crippen LogP contribution in [-0.4, -0.2) is 35.8 Å². The number of nitrogens with zero attached hydrogens (tertiary/aromatic N) is 1. The summed E-state index contributed by atoms with van der Waals surface area (Å²) in [6, 6.07) is 5.53. The standard InChI is InChI=1S/C14H13N3O2S/c1-17(2)14(19)11-7-10-9(6-8-4-3-5-15-8)12(18)16-13(10)20-11/h3-7,15H,1-2H3,(H,16,18)/b9-6-. The molecule has 0 aromatic carbocycles. The minimum Gasteiger partial charge on any atom is -0.362 e. The van der Waals surface area contributed by atoms with Crippen molar-refractivity contribution in [2.45, 2.75) is 0 Å². The van der Waals surface area contributed by atoms with E-state index in [4.69, 9.17) is 0 Å². The Morgan fingerprint density at radius 1 is 1.40 bits per heavy atom. The summed E-state index contributed by atoms with van der Waals surface area (Å²) in [7, 11) is 3.42. The topological polar surface area (TPSA) is 65.2 Å². The Bertz CT molecular complexity index is 711. The van der Waals surface area contributed by atoms with Crippen molar-refractivity contribution in [2.75, 3.05) is 19.4 Å². The number of fused-ring (bicyclic) bond motifs is 1. The van der Waals surface area contributed by atoms with Gasteiger partial charge in [-0.25, -0.2) is 0 Å². The van der Waals surface area contributed by atoms with Gasteiger partial charge in [0.1, 0.15) is 5.00 Å². The molecule has 2 amide bonds. The number of carbonyl (C=O) groups is 2. The molecule has 0 unspecified atom stereocenters. The molecule has 20 heavy (non-hydrogen) atoms. The lowest BCUT2D eigenvalue weighted by Gasteiger charge is -2.07. The van der Waals surface area contributed by atoms with E-state index in [1.165, 1.54) is 16.2 Å². The Kier molecular flexibility index (Phi) is 2.94. The number of hydrogen-bond donors (Lipinski definition) is 2. The largest absolute Gasteiger partial charge is 0.362 e. The van der Waals surface area contributed by atoms with Gasteiger partial charge in [-0.3, -0.25) is 9.59 Å². The molecule has 0 bridgehead atoms. The van der Waals surface area contributed by atoms with Crippen LogP contribution in [-0.2, 0) is 4.79 Å². The molecular weight excluding hydrogens is 274 g/mol. The maximum Gasteiger partial charge on any atom is 0.263 e. The second kappa shape index (κ2) is 4.64. The molecule has 6 heteroatoms. The summed E-state index contributed by atoms with van der Waals surface area (Å²) in [5.41, 5.74) is 2.23. The fraction of sp³-hybridized carbons (Fsp3) is 0.143. The van der Waals surface area contributed by atoms with E-state index in [-0.39, 0.29) is 11.8 Å². The van der Waals surface area contributed by atoms with Crippen LogP contribution in [0.1, 0.15) is 20.9 Å². The third kappa shape index (κ3) is 2.04. The van der Waals surface area contributed by atoms with Crippen molar-refractivity contribution in [1.82, 2.24) is 9.88 Å². The van der Waals surface area contributed by atoms with Crippen LogP contribution in [0.25, 0.3) is 11.6 Å². The smallest absolute Gasteiger partial charge is 0.263 e. The van der Waals surface area contributed by atoms with Gasteiger partial charge >= 0.3 is 0 Å². The first kappa shape index (κ1) is 12.7. The van der Waals surface area contributed by atoms with E-state index < -0.39 is 0 Å². The second-order valence-corrected chi connectivity index (χ2v) is 5.74. The van der Waals surface area contributed by atoms with Gasteiger partial charge in [0.05, 0.1) is 10.5 Å². The Morgan fingerprint density at radius 3 is 2.85 bits per heavy atom. The van der Waals surface area contributed by atoms with Crippen molar-refractivity contribution in [1.29, 1.82) is 0 Å². The van der Waals surface area contributed by atoms with E-state index in [0.29, 0.717) is 10.5 Å². The Balaban J connectivity index is 2.02. The highest BCUT2D eigenvalue weighted by atomic mass is 32.1. The molecular formula is C14H13N3O2S. The number of rotatable bonds is 2. The first-order chi connectivity index (χ1) is 9.56. The molecule has 0 aliphatic carbocycles. The summed E-state index contributed by atoms with van der Waals surface area (Å²) in [6.07, 6.45) is 3.59. The Morgan fingerprint density at radius 2 is 2.20 bits per heavy atom. The zero-order chi connectivity index (χ0) is 14.3. The fourth-order valence-corrected chi connectivity index (χ4v) is 3.12. The number of anilines is 1. The van der Waals surface area contributed by atoms with E-state index in [1.807, 2.05) is 12.1 Å². The molecule has 102 valence electrons. The number of nitrogens with one attached hydrogen (secondary N) is 2.